The zero-order chi connectivity index (χ0) is 24.5. The molecule has 12 heteroatoms. The van der Waals surface area contributed by atoms with Gasteiger partial charge in [0.15, 0.2) is 0 Å². The lowest BCUT2D eigenvalue weighted by atomic mass is 10.0. The average Bonchev–Trinajstić information content (AvgIpc) is 3.43. The van der Waals surface area contributed by atoms with E-state index in [1.54, 1.807) is 24.8 Å². The van der Waals surface area contributed by atoms with Crippen LogP contribution in [0.25, 0.3) is 22.4 Å². The lowest BCUT2D eigenvalue weighted by molar-refractivity contribution is 0.100. The molecule has 2 N–H and O–H groups in total. The molecular weight excluding hydrogens is 576 g/mol. The summed E-state index contributed by atoms with van der Waals surface area (Å²) in [7, 11) is -3.67. The molecule has 0 aliphatic rings. The van der Waals surface area contributed by atoms with Crippen molar-refractivity contribution in [3.63, 3.8) is 0 Å². The Morgan fingerprint density at radius 2 is 2.03 bits per heavy atom. The molecule has 0 aliphatic carbocycles. The molecular formula is C22H21FIN5O4S. The maximum Gasteiger partial charge on any atom is 0.253 e. The molecule has 34 heavy (non-hydrogen) atoms. The van der Waals surface area contributed by atoms with E-state index in [1.807, 2.05) is 4.57 Å². The summed E-state index contributed by atoms with van der Waals surface area (Å²) in [5.74, 6) is -0.789. The largest absolute Gasteiger partial charge is 0.437 e. The Bertz CT molecular complexity index is 1440. The van der Waals surface area contributed by atoms with Crippen LogP contribution in [0.4, 0.5) is 10.2 Å². The summed E-state index contributed by atoms with van der Waals surface area (Å²) in [5.41, 5.74) is 6.88. The van der Waals surface area contributed by atoms with Gasteiger partial charge in [-0.2, -0.15) is 4.98 Å². The van der Waals surface area contributed by atoms with Gasteiger partial charge in [-0.25, -0.2) is 17.8 Å². The summed E-state index contributed by atoms with van der Waals surface area (Å²) >= 11 is 2.11. The first-order valence-corrected chi connectivity index (χ1v) is 13.6. The van der Waals surface area contributed by atoms with Crippen molar-refractivity contribution in [1.82, 2.24) is 14.5 Å². The number of amides is 1. The van der Waals surface area contributed by atoms with E-state index in [1.165, 1.54) is 28.6 Å². The molecule has 0 fully saturated rings. The SMILES string of the molecule is CS(=O)(=O)N(CCCn1ccnc1)c1nc2oc(-c3ccc(F)cc3)c(C(N)=O)c2cc1CI. The first kappa shape index (κ1) is 24.1. The van der Waals surface area contributed by atoms with E-state index in [4.69, 9.17) is 10.2 Å². The second kappa shape index (κ2) is 9.70. The number of carbonyl (C=O) groups is 1. The number of carbonyl (C=O) groups excluding carboxylic acids is 1. The number of rotatable bonds is 9. The number of nitrogens with two attached hydrogens (primary N) is 1. The van der Waals surface area contributed by atoms with E-state index in [9.17, 15) is 17.6 Å². The Labute approximate surface area is 209 Å². The molecule has 0 atom stereocenters. The Hall–Kier alpha value is -3.00. The molecule has 178 valence electrons. The number of sulfonamides is 1. The number of primary amides is 1. The number of furan rings is 1. The summed E-state index contributed by atoms with van der Waals surface area (Å²) in [6.07, 6.45) is 6.76. The minimum atomic E-state index is -3.67. The quantitative estimate of drug-likeness (QED) is 0.232. The number of benzene rings is 1. The van der Waals surface area contributed by atoms with Crippen LogP contribution in [0.3, 0.4) is 0 Å². The van der Waals surface area contributed by atoms with Crippen molar-refractivity contribution in [2.75, 3.05) is 17.1 Å². The van der Waals surface area contributed by atoms with Crippen LogP contribution in [0.5, 0.6) is 0 Å². The molecule has 4 rings (SSSR count). The third-order valence-corrected chi connectivity index (χ3v) is 7.19. The molecule has 0 bridgehead atoms. The van der Waals surface area contributed by atoms with Gasteiger partial charge < -0.3 is 14.7 Å². The van der Waals surface area contributed by atoms with Crippen LogP contribution < -0.4 is 10.0 Å². The van der Waals surface area contributed by atoms with Crippen LogP contribution in [-0.4, -0.2) is 41.7 Å². The first-order chi connectivity index (χ1) is 16.2. The highest BCUT2D eigenvalue weighted by Crippen LogP contribution is 2.36. The van der Waals surface area contributed by atoms with Gasteiger partial charge in [0.1, 0.15) is 17.4 Å². The van der Waals surface area contributed by atoms with E-state index >= 15 is 0 Å². The molecule has 3 heterocycles. The van der Waals surface area contributed by atoms with Crippen molar-refractivity contribution in [3.8, 4) is 11.3 Å². The third-order valence-electron chi connectivity index (χ3n) is 5.21. The molecule has 4 aromatic rings. The number of aromatic nitrogens is 3. The fourth-order valence-electron chi connectivity index (χ4n) is 3.66. The number of alkyl halides is 1. The number of fused-ring (bicyclic) bond motifs is 1. The van der Waals surface area contributed by atoms with Gasteiger partial charge >= 0.3 is 0 Å². The smallest absolute Gasteiger partial charge is 0.253 e. The van der Waals surface area contributed by atoms with E-state index in [-0.39, 0.29) is 29.4 Å². The monoisotopic (exact) mass is 597 g/mol. The topological polar surface area (TPSA) is 124 Å². The molecule has 1 amide bonds. The summed E-state index contributed by atoms with van der Waals surface area (Å²) in [6.45, 7) is 0.766. The second-order valence-corrected chi connectivity index (χ2v) is 10.3. The first-order valence-electron chi connectivity index (χ1n) is 10.2. The fourth-order valence-corrected chi connectivity index (χ4v) is 5.16. The van der Waals surface area contributed by atoms with Gasteiger partial charge in [-0.15, -0.1) is 0 Å². The van der Waals surface area contributed by atoms with Gasteiger partial charge in [0, 0.05) is 41.0 Å². The van der Waals surface area contributed by atoms with Crippen LogP contribution in [0.15, 0.2) is 53.5 Å². The number of imidazole rings is 1. The van der Waals surface area contributed by atoms with Gasteiger partial charge in [-0.1, -0.05) is 22.6 Å². The van der Waals surface area contributed by atoms with E-state index < -0.39 is 21.7 Å². The minimum absolute atomic E-state index is 0.0694. The molecule has 0 radical (unpaired) electrons. The Morgan fingerprint density at radius 3 is 2.62 bits per heavy atom. The third kappa shape index (κ3) is 4.92. The molecule has 0 saturated carbocycles. The zero-order valence-corrected chi connectivity index (χ0v) is 21.1. The number of nitrogens with zero attached hydrogens (tertiary/aromatic N) is 4. The molecule has 3 aromatic heterocycles. The predicted octanol–water partition coefficient (Wildman–Crippen LogP) is 3.72. The lowest BCUT2D eigenvalue weighted by Gasteiger charge is -2.23. The Balaban J connectivity index is 1.81. The molecule has 0 aliphatic heterocycles. The predicted molar refractivity (Wildman–Crippen MR) is 135 cm³/mol. The number of aryl methyl sites for hydroxylation is 1. The number of hydrogen-bond acceptors (Lipinski definition) is 6. The van der Waals surface area contributed by atoms with Crippen molar-refractivity contribution in [1.29, 1.82) is 0 Å². The summed E-state index contributed by atoms with van der Waals surface area (Å²) in [4.78, 5) is 20.8. The zero-order valence-electron chi connectivity index (χ0n) is 18.1. The number of anilines is 1. The standard InChI is InChI=1S/C22H21FIN5O4S/c1-34(31,32)29(9-2-8-28-10-7-26-13-28)21-15(12-24)11-17-18(20(25)30)19(33-22(17)27-21)14-3-5-16(23)6-4-14/h3-7,10-11,13H,2,8-9,12H2,1H3,(H2,25,30). The maximum absolute atomic E-state index is 13.4. The maximum atomic E-state index is 13.4. The number of halogens is 2. The van der Waals surface area contributed by atoms with Gasteiger partial charge in [0.25, 0.3) is 5.91 Å². The van der Waals surface area contributed by atoms with Gasteiger partial charge in [-0.3, -0.25) is 9.10 Å². The van der Waals surface area contributed by atoms with Gasteiger partial charge in [0.05, 0.1) is 23.5 Å². The van der Waals surface area contributed by atoms with Crippen molar-refractivity contribution in [3.05, 3.63) is 66.0 Å². The van der Waals surface area contributed by atoms with Crippen molar-refractivity contribution < 1.29 is 22.0 Å². The van der Waals surface area contributed by atoms with Gasteiger partial charge in [-0.05, 0) is 36.8 Å². The molecule has 0 spiro atoms. The lowest BCUT2D eigenvalue weighted by Crippen LogP contribution is -2.33. The number of hydrogen-bond donors (Lipinski definition) is 1. The molecule has 9 nitrogen and oxygen atoms in total. The van der Waals surface area contributed by atoms with Gasteiger partial charge in [0.2, 0.25) is 15.7 Å². The summed E-state index contributed by atoms with van der Waals surface area (Å²) < 4.78 is 48.2. The van der Waals surface area contributed by atoms with E-state index in [0.29, 0.717) is 33.9 Å². The van der Waals surface area contributed by atoms with Crippen molar-refractivity contribution in [2.24, 2.45) is 5.73 Å². The number of pyridine rings is 1. The molecule has 0 saturated heterocycles. The van der Waals surface area contributed by atoms with Crippen LogP contribution in [0.1, 0.15) is 22.3 Å². The summed E-state index contributed by atoms with van der Waals surface area (Å²) in [6, 6.07) is 7.11. The summed E-state index contributed by atoms with van der Waals surface area (Å²) in [5, 5.41) is 0.370. The fraction of sp³-hybridized carbons (Fsp3) is 0.227. The highest BCUT2D eigenvalue weighted by atomic mass is 127. The normalized spacial score (nSPS) is 11.7. The van der Waals surface area contributed by atoms with E-state index in [0.717, 1.165) is 6.26 Å². The van der Waals surface area contributed by atoms with E-state index in [2.05, 4.69) is 32.6 Å². The van der Waals surface area contributed by atoms with Crippen LogP contribution >= 0.6 is 22.6 Å². The Kier molecular flexibility index (Phi) is 6.89. The van der Waals surface area contributed by atoms with Crippen LogP contribution in [-0.2, 0) is 21.0 Å². The highest BCUT2D eigenvalue weighted by molar-refractivity contribution is 14.1. The second-order valence-electron chi connectivity index (χ2n) is 7.62. The van der Waals surface area contributed by atoms with Crippen molar-refractivity contribution >= 4 is 55.4 Å². The molecule has 1 aromatic carbocycles. The van der Waals surface area contributed by atoms with Crippen LogP contribution in [0.2, 0.25) is 0 Å². The minimum Gasteiger partial charge on any atom is -0.437 e. The highest BCUT2D eigenvalue weighted by Gasteiger charge is 2.27. The Morgan fingerprint density at radius 1 is 1.29 bits per heavy atom. The van der Waals surface area contributed by atoms with Crippen LogP contribution in [0, 0.1) is 5.82 Å². The van der Waals surface area contributed by atoms with Crippen molar-refractivity contribution in [2.45, 2.75) is 17.4 Å². The molecule has 0 unspecified atom stereocenters. The average molecular weight is 597 g/mol.